The lowest BCUT2D eigenvalue weighted by Crippen LogP contribution is -2.61. The summed E-state index contributed by atoms with van der Waals surface area (Å²) >= 11 is 0. The van der Waals surface area contributed by atoms with Crippen molar-refractivity contribution in [2.45, 2.75) is 90.0 Å². The molecule has 0 radical (unpaired) electrons. The van der Waals surface area contributed by atoms with Crippen LogP contribution in [0.25, 0.3) is 10.4 Å². The maximum absolute atomic E-state index is 10.4. The van der Waals surface area contributed by atoms with Crippen LogP contribution in [0.3, 0.4) is 0 Å². The van der Waals surface area contributed by atoms with Gasteiger partial charge in [0.05, 0.1) is 12.6 Å². The molecule has 26 heavy (non-hydrogen) atoms. The van der Waals surface area contributed by atoms with Gasteiger partial charge in [0.1, 0.15) is 18.3 Å². The van der Waals surface area contributed by atoms with Gasteiger partial charge in [0.25, 0.3) is 0 Å². The van der Waals surface area contributed by atoms with Crippen molar-refractivity contribution in [1.29, 1.82) is 0 Å². The molecular weight excluding hydrogens is 338 g/mol. The summed E-state index contributed by atoms with van der Waals surface area (Å²) in [6, 6.07) is 0. The molecule has 0 aliphatic carbocycles. The molecule has 0 bridgehead atoms. The minimum atomic E-state index is -1.14. The van der Waals surface area contributed by atoms with Crippen molar-refractivity contribution in [1.82, 2.24) is 0 Å². The van der Waals surface area contributed by atoms with E-state index in [2.05, 4.69) is 30.8 Å². The van der Waals surface area contributed by atoms with Gasteiger partial charge < -0.3 is 24.1 Å². The van der Waals surface area contributed by atoms with E-state index in [-0.39, 0.29) is 6.54 Å². The monoisotopic (exact) mass is 373 g/mol. The first-order chi connectivity index (χ1) is 12.7. The van der Waals surface area contributed by atoms with Gasteiger partial charge in [-0.25, -0.2) is 0 Å². The molecule has 8 nitrogen and oxygen atoms in total. The normalized spacial score (nSPS) is 28.7. The Morgan fingerprint density at radius 1 is 0.885 bits per heavy atom. The average Bonchev–Trinajstić information content (AvgIpc) is 2.64. The quantitative estimate of drug-likeness (QED) is 0.217. The topological polar surface area (TPSA) is 106 Å². The summed E-state index contributed by atoms with van der Waals surface area (Å²) in [5, 5.41) is 14.0. The van der Waals surface area contributed by atoms with Crippen LogP contribution in [0.4, 0.5) is 0 Å². The van der Waals surface area contributed by atoms with E-state index in [4.69, 9.17) is 24.5 Å². The molecule has 152 valence electrons. The molecular formula is C18H35N3O5. The van der Waals surface area contributed by atoms with Gasteiger partial charge in [-0.15, -0.1) is 0 Å². The molecule has 8 heteroatoms. The summed E-state index contributed by atoms with van der Waals surface area (Å²) in [5.74, 6) is 0. The number of aliphatic hydroxyl groups is 1. The SMILES string of the molecule is CCCCOC1C(O)OC(CN=[N+]=[N-])C(OCCCC)C1OCCCC. The molecule has 1 aliphatic heterocycles. The molecule has 0 amide bonds. The van der Waals surface area contributed by atoms with Crippen molar-refractivity contribution in [3.05, 3.63) is 10.4 Å². The fraction of sp³-hybridized carbons (Fsp3) is 1.00. The number of hydrogen-bond donors (Lipinski definition) is 1. The van der Waals surface area contributed by atoms with Crippen LogP contribution in [0.2, 0.25) is 0 Å². The van der Waals surface area contributed by atoms with E-state index in [0.717, 1.165) is 38.5 Å². The Hall–Kier alpha value is -0.890. The third-order valence-corrected chi connectivity index (χ3v) is 4.36. The number of unbranched alkanes of at least 4 members (excludes halogenated alkanes) is 3. The van der Waals surface area contributed by atoms with E-state index in [0.29, 0.717) is 19.8 Å². The van der Waals surface area contributed by atoms with Gasteiger partial charge in [-0.3, -0.25) is 0 Å². The third kappa shape index (κ3) is 7.78. The lowest BCUT2D eigenvalue weighted by atomic mass is 9.97. The molecule has 0 aromatic carbocycles. The highest BCUT2D eigenvalue weighted by atomic mass is 16.7. The smallest absolute Gasteiger partial charge is 0.184 e. The summed E-state index contributed by atoms with van der Waals surface area (Å²) in [6.07, 6.45) is 2.53. The van der Waals surface area contributed by atoms with Crippen molar-refractivity contribution in [3.8, 4) is 0 Å². The van der Waals surface area contributed by atoms with E-state index in [9.17, 15) is 5.11 Å². The maximum Gasteiger partial charge on any atom is 0.184 e. The van der Waals surface area contributed by atoms with Gasteiger partial charge in [-0.05, 0) is 24.8 Å². The molecule has 1 aliphatic rings. The van der Waals surface area contributed by atoms with Crippen molar-refractivity contribution < 1.29 is 24.1 Å². The Morgan fingerprint density at radius 3 is 1.88 bits per heavy atom. The second-order valence-corrected chi connectivity index (χ2v) is 6.55. The molecule has 0 saturated carbocycles. The number of azide groups is 1. The van der Waals surface area contributed by atoms with E-state index in [1.807, 2.05) is 0 Å². The highest BCUT2D eigenvalue weighted by Gasteiger charge is 2.47. The van der Waals surface area contributed by atoms with Crippen LogP contribution in [0.15, 0.2) is 5.11 Å². The predicted molar refractivity (Wildman–Crippen MR) is 98.8 cm³/mol. The number of hydrogen-bond acceptors (Lipinski definition) is 6. The molecule has 1 N–H and O–H groups in total. The first-order valence-electron chi connectivity index (χ1n) is 9.88. The van der Waals surface area contributed by atoms with Crippen LogP contribution in [0.5, 0.6) is 0 Å². The first kappa shape index (κ1) is 23.1. The molecule has 0 aromatic heterocycles. The summed E-state index contributed by atoms with van der Waals surface area (Å²) in [7, 11) is 0. The Bertz CT molecular complexity index is 406. The van der Waals surface area contributed by atoms with Crippen molar-refractivity contribution >= 4 is 0 Å². The Morgan fingerprint density at radius 2 is 1.38 bits per heavy atom. The molecule has 5 atom stereocenters. The zero-order chi connectivity index (χ0) is 19.2. The minimum Gasteiger partial charge on any atom is -0.373 e. The summed E-state index contributed by atoms with van der Waals surface area (Å²) < 4.78 is 23.7. The fourth-order valence-electron chi connectivity index (χ4n) is 2.82. The standard InChI is InChI=1S/C18H35N3O5/c1-4-7-10-23-15-14(13-20-21-19)26-18(22)17(25-12-9-6-3)16(15)24-11-8-5-2/h14-18,22H,4-13H2,1-3H3. The van der Waals surface area contributed by atoms with Crippen molar-refractivity contribution in [3.63, 3.8) is 0 Å². The molecule has 1 fully saturated rings. The van der Waals surface area contributed by atoms with Gasteiger partial charge in [0.2, 0.25) is 0 Å². The molecule has 1 heterocycles. The second-order valence-electron chi connectivity index (χ2n) is 6.55. The highest BCUT2D eigenvalue weighted by molar-refractivity contribution is 4.93. The van der Waals surface area contributed by atoms with Crippen LogP contribution in [0.1, 0.15) is 59.3 Å². The number of nitrogens with zero attached hydrogens (tertiary/aromatic N) is 3. The van der Waals surface area contributed by atoms with Crippen LogP contribution >= 0.6 is 0 Å². The molecule has 5 unspecified atom stereocenters. The second kappa shape index (κ2) is 14.2. The Balaban J connectivity index is 2.91. The summed E-state index contributed by atoms with van der Waals surface area (Å²) in [4.78, 5) is 2.80. The number of ether oxygens (including phenoxy) is 4. The average molecular weight is 373 g/mol. The van der Waals surface area contributed by atoms with Gasteiger partial charge in [-0.2, -0.15) is 0 Å². The van der Waals surface area contributed by atoms with Crippen LogP contribution in [0, 0.1) is 0 Å². The zero-order valence-corrected chi connectivity index (χ0v) is 16.4. The van der Waals surface area contributed by atoms with Crippen LogP contribution < -0.4 is 0 Å². The number of rotatable bonds is 14. The van der Waals surface area contributed by atoms with E-state index in [1.165, 1.54) is 0 Å². The Kier molecular flexibility index (Phi) is 12.6. The van der Waals surface area contributed by atoms with E-state index < -0.39 is 30.7 Å². The minimum absolute atomic E-state index is 0.0830. The van der Waals surface area contributed by atoms with Gasteiger partial charge >= 0.3 is 0 Å². The first-order valence-corrected chi connectivity index (χ1v) is 9.88. The fourth-order valence-corrected chi connectivity index (χ4v) is 2.82. The van der Waals surface area contributed by atoms with Crippen molar-refractivity contribution in [2.24, 2.45) is 5.11 Å². The molecule has 1 rings (SSSR count). The largest absolute Gasteiger partial charge is 0.373 e. The highest BCUT2D eigenvalue weighted by Crippen LogP contribution is 2.28. The van der Waals surface area contributed by atoms with Crippen LogP contribution in [-0.2, 0) is 18.9 Å². The lowest BCUT2D eigenvalue weighted by molar-refractivity contribution is -0.304. The summed E-state index contributed by atoms with van der Waals surface area (Å²) in [5.41, 5.74) is 8.64. The zero-order valence-electron chi connectivity index (χ0n) is 16.4. The lowest BCUT2D eigenvalue weighted by Gasteiger charge is -2.44. The van der Waals surface area contributed by atoms with Gasteiger partial charge in [-0.1, -0.05) is 45.1 Å². The number of aliphatic hydroxyl groups excluding tert-OH is 1. The van der Waals surface area contributed by atoms with E-state index >= 15 is 0 Å². The van der Waals surface area contributed by atoms with Crippen LogP contribution in [-0.4, -0.2) is 62.2 Å². The van der Waals surface area contributed by atoms with Gasteiger partial charge in [0.15, 0.2) is 6.29 Å². The van der Waals surface area contributed by atoms with E-state index in [1.54, 1.807) is 0 Å². The summed E-state index contributed by atoms with van der Waals surface area (Å²) in [6.45, 7) is 7.99. The molecule has 0 spiro atoms. The molecule has 0 aromatic rings. The molecule has 1 saturated heterocycles. The third-order valence-electron chi connectivity index (χ3n) is 4.36. The van der Waals surface area contributed by atoms with Gasteiger partial charge in [0, 0.05) is 24.7 Å². The van der Waals surface area contributed by atoms with Crippen molar-refractivity contribution in [2.75, 3.05) is 26.4 Å². The maximum atomic E-state index is 10.4. The predicted octanol–water partition coefficient (Wildman–Crippen LogP) is 3.57. The Labute approximate surface area is 156 Å².